The van der Waals surface area contributed by atoms with Gasteiger partial charge in [0.05, 0.1) is 31.5 Å². The number of rotatable bonds is 6. The molecule has 7 nitrogen and oxygen atoms in total. The summed E-state index contributed by atoms with van der Waals surface area (Å²) >= 11 is 0. The second kappa shape index (κ2) is 7.97. The molecule has 1 saturated heterocycles. The van der Waals surface area contributed by atoms with Crippen molar-refractivity contribution >= 4 is 16.8 Å². The van der Waals surface area contributed by atoms with Gasteiger partial charge in [0.15, 0.2) is 0 Å². The molecule has 1 amide bonds. The number of carbonyl (C=O) groups is 1. The van der Waals surface area contributed by atoms with Crippen LogP contribution in [0.2, 0.25) is 0 Å². The maximum absolute atomic E-state index is 12.3. The molecule has 0 bridgehead atoms. The van der Waals surface area contributed by atoms with Gasteiger partial charge in [-0.25, -0.2) is 0 Å². The van der Waals surface area contributed by atoms with Crippen molar-refractivity contribution in [2.45, 2.75) is 32.4 Å². The number of hydrogen-bond acceptors (Lipinski definition) is 5. The second-order valence-corrected chi connectivity index (χ2v) is 7.19. The first-order valence-corrected chi connectivity index (χ1v) is 9.02. The number of fused-ring (bicyclic) bond motifs is 1. The number of nitrogens with one attached hydrogen (secondary N) is 1. The van der Waals surface area contributed by atoms with Gasteiger partial charge < -0.3 is 10.1 Å². The molecule has 0 unspecified atom stereocenters. The maximum Gasteiger partial charge on any atom is 0.221 e. The third kappa shape index (κ3) is 4.28. The molecule has 1 aromatic carbocycles. The van der Waals surface area contributed by atoms with Crippen molar-refractivity contribution in [2.75, 3.05) is 32.8 Å². The predicted molar refractivity (Wildman–Crippen MR) is 100 cm³/mol. The summed E-state index contributed by atoms with van der Waals surface area (Å²) in [6.45, 7) is 8.54. The van der Waals surface area contributed by atoms with E-state index in [4.69, 9.17) is 4.74 Å². The smallest absolute Gasteiger partial charge is 0.221 e. The Labute approximate surface area is 152 Å². The summed E-state index contributed by atoms with van der Waals surface area (Å²) in [6, 6.07) is 7.32. The lowest BCUT2D eigenvalue weighted by molar-refractivity contribution is -0.122. The molecule has 0 atom stereocenters. The van der Waals surface area contributed by atoms with Gasteiger partial charge >= 0.3 is 0 Å². The van der Waals surface area contributed by atoms with Crippen LogP contribution in [0.4, 0.5) is 0 Å². The highest BCUT2D eigenvalue weighted by molar-refractivity contribution is 5.79. The molecule has 7 heteroatoms. The molecule has 1 N–H and O–H groups in total. The van der Waals surface area contributed by atoms with E-state index in [1.54, 1.807) is 10.7 Å². The lowest BCUT2D eigenvalue weighted by atomic mass is 10.0. The standard InChI is InChI=1S/C19H26N4O3/c1-19(2,22-9-11-26-12-10-22)14-20-18(25)7-8-23-16-6-4-3-5-15(16)17(24)13-21-23/h3-6,13H,7-12,14H2,1-2H3,(H,20,25). The molecule has 140 valence electrons. The number of aryl methyl sites for hydroxylation is 1. The van der Waals surface area contributed by atoms with Gasteiger partial charge in [-0.05, 0) is 26.0 Å². The second-order valence-electron chi connectivity index (χ2n) is 7.19. The van der Waals surface area contributed by atoms with Crippen LogP contribution in [0.5, 0.6) is 0 Å². The Balaban J connectivity index is 1.56. The lowest BCUT2D eigenvalue weighted by Crippen LogP contribution is -2.55. The zero-order valence-electron chi connectivity index (χ0n) is 15.4. The molecular formula is C19H26N4O3. The number of benzene rings is 1. The van der Waals surface area contributed by atoms with Gasteiger partial charge in [-0.2, -0.15) is 5.10 Å². The minimum atomic E-state index is -0.109. The van der Waals surface area contributed by atoms with Crippen LogP contribution >= 0.6 is 0 Å². The molecule has 0 radical (unpaired) electrons. The highest BCUT2D eigenvalue weighted by atomic mass is 16.5. The molecule has 1 aromatic heterocycles. The fraction of sp³-hybridized carbons (Fsp3) is 0.526. The summed E-state index contributed by atoms with van der Waals surface area (Å²) in [5.74, 6) is -0.0177. The van der Waals surface area contributed by atoms with Crippen molar-refractivity contribution in [1.82, 2.24) is 20.0 Å². The van der Waals surface area contributed by atoms with E-state index in [0.29, 0.717) is 24.9 Å². The van der Waals surface area contributed by atoms with Crippen molar-refractivity contribution in [2.24, 2.45) is 0 Å². The molecule has 1 aliphatic heterocycles. The van der Waals surface area contributed by atoms with Gasteiger partial charge in [0.25, 0.3) is 0 Å². The molecule has 0 saturated carbocycles. The fourth-order valence-electron chi connectivity index (χ4n) is 3.23. The Morgan fingerprint density at radius 2 is 2.00 bits per heavy atom. The van der Waals surface area contributed by atoms with Crippen LogP contribution in [0.15, 0.2) is 35.3 Å². The third-order valence-electron chi connectivity index (χ3n) is 4.90. The highest BCUT2D eigenvalue weighted by Crippen LogP contribution is 2.15. The highest BCUT2D eigenvalue weighted by Gasteiger charge is 2.28. The SMILES string of the molecule is CC(C)(CNC(=O)CCn1ncc(=O)c2ccccc21)N1CCOCC1. The van der Waals surface area contributed by atoms with Gasteiger partial charge in [-0.3, -0.25) is 19.2 Å². The molecule has 2 aromatic rings. The Morgan fingerprint density at radius 1 is 1.27 bits per heavy atom. The zero-order chi connectivity index (χ0) is 18.6. The lowest BCUT2D eigenvalue weighted by Gasteiger charge is -2.40. The van der Waals surface area contributed by atoms with Crippen molar-refractivity contribution in [3.63, 3.8) is 0 Å². The minimum Gasteiger partial charge on any atom is -0.379 e. The average molecular weight is 358 g/mol. The topological polar surface area (TPSA) is 76.5 Å². The largest absolute Gasteiger partial charge is 0.379 e. The number of carbonyl (C=O) groups excluding carboxylic acids is 1. The van der Waals surface area contributed by atoms with Crippen LogP contribution < -0.4 is 10.7 Å². The van der Waals surface area contributed by atoms with E-state index in [9.17, 15) is 9.59 Å². The first-order chi connectivity index (χ1) is 12.5. The number of hydrogen-bond donors (Lipinski definition) is 1. The first kappa shape index (κ1) is 18.5. The van der Waals surface area contributed by atoms with Crippen molar-refractivity contribution in [1.29, 1.82) is 0 Å². The molecular weight excluding hydrogens is 332 g/mol. The maximum atomic E-state index is 12.3. The van der Waals surface area contributed by atoms with Gasteiger partial charge in [0.1, 0.15) is 0 Å². The number of nitrogens with zero attached hydrogens (tertiary/aromatic N) is 3. The van der Waals surface area contributed by atoms with Crippen LogP contribution in [0.1, 0.15) is 20.3 Å². The van der Waals surface area contributed by atoms with E-state index in [1.165, 1.54) is 6.20 Å². The van der Waals surface area contributed by atoms with Gasteiger partial charge in [-0.1, -0.05) is 12.1 Å². The predicted octanol–water partition coefficient (Wildman–Crippen LogP) is 1.01. The van der Waals surface area contributed by atoms with Crippen LogP contribution in [-0.4, -0.2) is 59.0 Å². The van der Waals surface area contributed by atoms with Crippen LogP contribution in [-0.2, 0) is 16.1 Å². The molecule has 3 rings (SSSR count). The molecule has 0 aliphatic carbocycles. The molecule has 0 spiro atoms. The molecule has 26 heavy (non-hydrogen) atoms. The monoisotopic (exact) mass is 358 g/mol. The molecule has 1 aliphatic rings. The Kier molecular flexibility index (Phi) is 5.68. The summed E-state index contributed by atoms with van der Waals surface area (Å²) in [5.41, 5.74) is 0.539. The van der Waals surface area contributed by atoms with E-state index in [0.717, 1.165) is 31.8 Å². The van der Waals surface area contributed by atoms with Crippen LogP contribution in [0.3, 0.4) is 0 Å². The minimum absolute atomic E-state index is 0.0177. The summed E-state index contributed by atoms with van der Waals surface area (Å²) in [5, 5.41) is 7.81. The fourth-order valence-corrected chi connectivity index (χ4v) is 3.23. The van der Waals surface area contributed by atoms with E-state index < -0.39 is 0 Å². The number of amides is 1. The van der Waals surface area contributed by atoms with Gasteiger partial charge in [-0.15, -0.1) is 0 Å². The van der Waals surface area contributed by atoms with E-state index in [2.05, 4.69) is 29.2 Å². The quantitative estimate of drug-likeness (QED) is 0.834. The summed E-state index contributed by atoms with van der Waals surface area (Å²) in [4.78, 5) is 26.5. The van der Waals surface area contributed by atoms with Crippen molar-refractivity contribution in [3.05, 3.63) is 40.7 Å². The van der Waals surface area contributed by atoms with E-state index in [-0.39, 0.29) is 16.9 Å². The van der Waals surface area contributed by atoms with Crippen LogP contribution in [0, 0.1) is 0 Å². The number of para-hydroxylation sites is 1. The summed E-state index contributed by atoms with van der Waals surface area (Å²) in [7, 11) is 0. The van der Waals surface area contributed by atoms with Crippen molar-refractivity contribution in [3.8, 4) is 0 Å². The van der Waals surface area contributed by atoms with E-state index >= 15 is 0 Å². The number of ether oxygens (including phenoxy) is 1. The average Bonchev–Trinajstić information content (AvgIpc) is 2.67. The molecule has 2 heterocycles. The first-order valence-electron chi connectivity index (χ1n) is 9.02. The van der Waals surface area contributed by atoms with E-state index in [1.807, 2.05) is 18.2 Å². The Bertz CT molecular complexity index is 825. The molecule has 1 fully saturated rings. The Hall–Kier alpha value is -2.25. The van der Waals surface area contributed by atoms with Gasteiger partial charge in [0, 0.05) is 37.0 Å². The summed E-state index contributed by atoms with van der Waals surface area (Å²) in [6.07, 6.45) is 1.63. The summed E-state index contributed by atoms with van der Waals surface area (Å²) < 4.78 is 7.10. The van der Waals surface area contributed by atoms with Crippen LogP contribution in [0.25, 0.3) is 10.9 Å². The number of morpholine rings is 1. The van der Waals surface area contributed by atoms with Crippen molar-refractivity contribution < 1.29 is 9.53 Å². The number of aromatic nitrogens is 2. The normalized spacial score (nSPS) is 15.9. The zero-order valence-corrected chi connectivity index (χ0v) is 15.4. The van der Waals surface area contributed by atoms with Gasteiger partial charge in [0.2, 0.25) is 11.3 Å². The third-order valence-corrected chi connectivity index (χ3v) is 4.90. The Morgan fingerprint density at radius 3 is 2.77 bits per heavy atom.